The van der Waals surface area contributed by atoms with Gasteiger partial charge in [-0.3, -0.25) is 0 Å². The average Bonchev–Trinajstić information content (AvgIpc) is 2.19. The van der Waals surface area contributed by atoms with Gasteiger partial charge in [-0.2, -0.15) is 0 Å². The van der Waals surface area contributed by atoms with Crippen molar-refractivity contribution >= 4 is 0 Å². The highest BCUT2D eigenvalue weighted by Crippen LogP contribution is 2.36. The van der Waals surface area contributed by atoms with Gasteiger partial charge in [0.15, 0.2) is 0 Å². The third-order valence-corrected chi connectivity index (χ3v) is 3.83. The van der Waals surface area contributed by atoms with E-state index in [0.29, 0.717) is 5.41 Å². The molecule has 0 amide bonds. The van der Waals surface area contributed by atoms with Gasteiger partial charge in [0.05, 0.1) is 0 Å². The summed E-state index contributed by atoms with van der Waals surface area (Å²) in [5.41, 5.74) is 0.585. The summed E-state index contributed by atoms with van der Waals surface area (Å²) in [4.78, 5) is 0. The molecule has 78 valence electrons. The fourth-order valence-corrected chi connectivity index (χ4v) is 2.19. The summed E-state index contributed by atoms with van der Waals surface area (Å²) in [5.74, 6) is 0.929. The molecule has 1 fully saturated rings. The lowest BCUT2D eigenvalue weighted by molar-refractivity contribution is 0.0476. The van der Waals surface area contributed by atoms with E-state index in [1.807, 2.05) is 0 Å². The number of ether oxygens (including phenoxy) is 1. The first kappa shape index (κ1) is 11.0. The summed E-state index contributed by atoms with van der Waals surface area (Å²) in [6.45, 7) is 9.07. The van der Waals surface area contributed by atoms with Crippen LogP contribution in [-0.4, -0.2) is 13.2 Å². The van der Waals surface area contributed by atoms with Gasteiger partial charge in [-0.25, -0.2) is 0 Å². The Morgan fingerprint density at radius 1 is 1.15 bits per heavy atom. The van der Waals surface area contributed by atoms with Crippen molar-refractivity contribution in [2.24, 2.45) is 11.3 Å². The number of rotatable bonds is 4. The molecule has 0 aromatic carbocycles. The maximum Gasteiger partial charge on any atom is 0.0468 e. The molecule has 0 aromatic rings. The Hall–Kier alpha value is -0.0400. The third-order valence-electron chi connectivity index (χ3n) is 3.83. The molecule has 0 aromatic heterocycles. The lowest BCUT2D eigenvalue weighted by Crippen LogP contribution is -2.24. The average molecular weight is 184 g/mol. The van der Waals surface area contributed by atoms with Crippen molar-refractivity contribution in [1.82, 2.24) is 0 Å². The maximum atomic E-state index is 5.38. The van der Waals surface area contributed by atoms with Crippen molar-refractivity contribution in [3.63, 3.8) is 0 Å². The monoisotopic (exact) mass is 184 g/mol. The summed E-state index contributed by atoms with van der Waals surface area (Å²) in [5, 5.41) is 0. The lowest BCUT2D eigenvalue weighted by atomic mass is 9.75. The summed E-state index contributed by atoms with van der Waals surface area (Å²) < 4.78 is 5.38. The second kappa shape index (κ2) is 4.99. The highest BCUT2D eigenvalue weighted by Gasteiger charge is 2.25. The third kappa shape index (κ3) is 3.30. The van der Waals surface area contributed by atoms with Crippen LogP contribution >= 0.6 is 0 Å². The Bertz CT molecular complexity index is 132. The molecule has 0 aliphatic carbocycles. The molecule has 1 nitrogen and oxygen atoms in total. The van der Waals surface area contributed by atoms with E-state index in [-0.39, 0.29) is 0 Å². The van der Waals surface area contributed by atoms with Crippen LogP contribution in [0.15, 0.2) is 0 Å². The fraction of sp³-hybridized carbons (Fsp3) is 1.00. The SMILES string of the molecule is CCC(C)(CC)CC1CCOCC1. The van der Waals surface area contributed by atoms with Gasteiger partial charge in [0.25, 0.3) is 0 Å². The minimum atomic E-state index is 0.585. The zero-order valence-electron chi connectivity index (χ0n) is 9.44. The largest absolute Gasteiger partial charge is 0.381 e. The van der Waals surface area contributed by atoms with Gasteiger partial charge in [-0.1, -0.05) is 33.6 Å². The van der Waals surface area contributed by atoms with E-state index in [0.717, 1.165) is 19.1 Å². The van der Waals surface area contributed by atoms with Crippen LogP contribution in [0.3, 0.4) is 0 Å². The minimum absolute atomic E-state index is 0.585. The van der Waals surface area contributed by atoms with E-state index in [9.17, 15) is 0 Å². The first-order valence-corrected chi connectivity index (χ1v) is 5.78. The van der Waals surface area contributed by atoms with Crippen molar-refractivity contribution in [1.29, 1.82) is 0 Å². The molecule has 13 heavy (non-hydrogen) atoms. The molecule has 1 saturated heterocycles. The van der Waals surface area contributed by atoms with Gasteiger partial charge in [0.2, 0.25) is 0 Å². The molecule has 1 heterocycles. The molecule has 1 aliphatic heterocycles. The van der Waals surface area contributed by atoms with Crippen LogP contribution in [0.25, 0.3) is 0 Å². The second-order valence-electron chi connectivity index (χ2n) is 4.78. The molecular formula is C12H24O. The van der Waals surface area contributed by atoms with E-state index in [1.54, 1.807) is 0 Å². The number of hydrogen-bond donors (Lipinski definition) is 0. The van der Waals surface area contributed by atoms with Crippen LogP contribution in [-0.2, 0) is 4.74 Å². The smallest absolute Gasteiger partial charge is 0.0468 e. The highest BCUT2D eigenvalue weighted by atomic mass is 16.5. The fourth-order valence-electron chi connectivity index (χ4n) is 2.19. The molecule has 0 N–H and O–H groups in total. The topological polar surface area (TPSA) is 9.23 Å². The van der Waals surface area contributed by atoms with Gasteiger partial charge < -0.3 is 4.74 Å². The van der Waals surface area contributed by atoms with Crippen LogP contribution in [0.5, 0.6) is 0 Å². The zero-order valence-corrected chi connectivity index (χ0v) is 9.44. The molecule has 1 rings (SSSR count). The summed E-state index contributed by atoms with van der Waals surface area (Å²) in [6.07, 6.45) is 6.62. The Kier molecular flexibility index (Phi) is 4.24. The Morgan fingerprint density at radius 2 is 1.69 bits per heavy atom. The standard InChI is InChI=1S/C12H24O/c1-4-12(3,5-2)10-11-6-8-13-9-7-11/h11H,4-10H2,1-3H3. The van der Waals surface area contributed by atoms with E-state index < -0.39 is 0 Å². The summed E-state index contributed by atoms with van der Waals surface area (Å²) >= 11 is 0. The van der Waals surface area contributed by atoms with Crippen molar-refractivity contribution in [2.75, 3.05) is 13.2 Å². The van der Waals surface area contributed by atoms with Gasteiger partial charge >= 0.3 is 0 Å². The predicted octanol–water partition coefficient (Wildman–Crippen LogP) is 3.63. The molecule has 0 spiro atoms. The van der Waals surface area contributed by atoms with Gasteiger partial charge in [0, 0.05) is 13.2 Å². The molecule has 1 heteroatoms. The molecular weight excluding hydrogens is 160 g/mol. The first-order valence-electron chi connectivity index (χ1n) is 5.78. The van der Waals surface area contributed by atoms with E-state index in [2.05, 4.69) is 20.8 Å². The summed E-state index contributed by atoms with van der Waals surface area (Å²) in [7, 11) is 0. The van der Waals surface area contributed by atoms with Crippen LogP contribution in [0, 0.1) is 11.3 Å². The molecule has 0 saturated carbocycles. The van der Waals surface area contributed by atoms with Crippen LogP contribution in [0.1, 0.15) is 52.9 Å². The number of hydrogen-bond acceptors (Lipinski definition) is 1. The second-order valence-corrected chi connectivity index (χ2v) is 4.78. The molecule has 0 unspecified atom stereocenters. The zero-order chi connectivity index (χ0) is 9.73. The molecule has 0 atom stereocenters. The predicted molar refractivity (Wildman–Crippen MR) is 56.8 cm³/mol. The lowest BCUT2D eigenvalue weighted by Gasteiger charge is -2.33. The van der Waals surface area contributed by atoms with Gasteiger partial charge in [0.1, 0.15) is 0 Å². The van der Waals surface area contributed by atoms with Crippen molar-refractivity contribution in [2.45, 2.75) is 52.9 Å². The summed E-state index contributed by atoms with van der Waals surface area (Å²) in [6, 6.07) is 0. The van der Waals surface area contributed by atoms with Crippen molar-refractivity contribution < 1.29 is 4.74 Å². The van der Waals surface area contributed by atoms with Gasteiger partial charge in [-0.05, 0) is 30.6 Å². The van der Waals surface area contributed by atoms with Crippen LogP contribution < -0.4 is 0 Å². The van der Waals surface area contributed by atoms with E-state index in [4.69, 9.17) is 4.74 Å². The Balaban J connectivity index is 2.35. The normalized spacial score (nSPS) is 20.5. The van der Waals surface area contributed by atoms with E-state index >= 15 is 0 Å². The molecule has 0 bridgehead atoms. The van der Waals surface area contributed by atoms with Crippen LogP contribution in [0.2, 0.25) is 0 Å². The first-order chi connectivity index (χ1) is 6.20. The highest BCUT2D eigenvalue weighted by molar-refractivity contribution is 4.76. The quantitative estimate of drug-likeness (QED) is 0.648. The van der Waals surface area contributed by atoms with Gasteiger partial charge in [-0.15, -0.1) is 0 Å². The minimum Gasteiger partial charge on any atom is -0.381 e. The maximum absolute atomic E-state index is 5.38. The van der Waals surface area contributed by atoms with E-state index in [1.165, 1.54) is 32.1 Å². The molecule has 1 aliphatic rings. The van der Waals surface area contributed by atoms with Crippen molar-refractivity contribution in [3.8, 4) is 0 Å². The Labute approximate surface area is 82.9 Å². The molecule has 0 radical (unpaired) electrons. The van der Waals surface area contributed by atoms with Crippen LogP contribution in [0.4, 0.5) is 0 Å². The Morgan fingerprint density at radius 3 is 2.15 bits per heavy atom. The van der Waals surface area contributed by atoms with Crippen molar-refractivity contribution in [3.05, 3.63) is 0 Å².